The van der Waals surface area contributed by atoms with E-state index in [1.807, 2.05) is 12.1 Å². The lowest BCUT2D eigenvalue weighted by Gasteiger charge is -2.34. The highest BCUT2D eigenvalue weighted by Gasteiger charge is 2.26. The van der Waals surface area contributed by atoms with Crippen LogP contribution in [0.25, 0.3) is 0 Å². The Hall–Kier alpha value is -1.14. The second-order valence-electron chi connectivity index (χ2n) is 4.81. The van der Waals surface area contributed by atoms with E-state index in [1.165, 1.54) is 0 Å². The first-order valence-corrected chi connectivity index (χ1v) is 7.21. The number of aromatic nitrogens is 3. The lowest BCUT2D eigenvalue weighted by Crippen LogP contribution is -2.39. The van der Waals surface area contributed by atoms with Crippen LogP contribution in [0, 0.1) is 0 Å². The monoisotopic (exact) mass is 311 g/mol. The normalized spacial score (nSPS) is 16.9. The first-order chi connectivity index (χ1) is 9.70. The van der Waals surface area contributed by atoms with Crippen molar-refractivity contribution in [1.29, 1.82) is 0 Å². The number of benzene rings is 1. The molecule has 106 valence electrons. The largest absolute Gasteiger partial charge is 0.329 e. The Morgan fingerprint density at radius 3 is 2.95 bits per heavy atom. The van der Waals surface area contributed by atoms with Gasteiger partial charge in [-0.05, 0) is 11.6 Å². The minimum Gasteiger partial charge on any atom is -0.329 e. The van der Waals surface area contributed by atoms with Gasteiger partial charge in [0.05, 0.1) is 16.6 Å². The Balaban J connectivity index is 1.89. The van der Waals surface area contributed by atoms with Crippen LogP contribution in [-0.2, 0) is 13.1 Å². The molecule has 0 bridgehead atoms. The molecule has 20 heavy (non-hydrogen) atoms. The molecule has 0 fully saturated rings. The average Bonchev–Trinajstić information content (AvgIpc) is 2.92. The van der Waals surface area contributed by atoms with E-state index in [9.17, 15) is 0 Å². The van der Waals surface area contributed by atoms with Gasteiger partial charge in [0.2, 0.25) is 0 Å². The fraction of sp³-hybridized carbons (Fsp3) is 0.385. The number of rotatable bonds is 3. The summed E-state index contributed by atoms with van der Waals surface area (Å²) >= 11 is 12.4. The van der Waals surface area contributed by atoms with E-state index >= 15 is 0 Å². The first-order valence-electron chi connectivity index (χ1n) is 6.45. The Bertz CT molecular complexity index is 613. The van der Waals surface area contributed by atoms with Crippen molar-refractivity contribution >= 4 is 23.2 Å². The number of nitrogens with two attached hydrogens (primary N) is 1. The fourth-order valence-electron chi connectivity index (χ4n) is 2.60. The van der Waals surface area contributed by atoms with Crippen molar-refractivity contribution in [2.24, 2.45) is 5.73 Å². The zero-order valence-corrected chi connectivity index (χ0v) is 12.3. The van der Waals surface area contributed by atoms with Crippen molar-refractivity contribution in [2.45, 2.75) is 19.1 Å². The SMILES string of the molecule is NCC(c1cccc(Cl)c1Cl)N1CCn2cnnc2C1. The third kappa shape index (κ3) is 2.42. The lowest BCUT2D eigenvalue weighted by atomic mass is 10.0. The maximum Gasteiger partial charge on any atom is 0.147 e. The molecule has 0 aliphatic carbocycles. The zero-order valence-electron chi connectivity index (χ0n) is 10.8. The smallest absolute Gasteiger partial charge is 0.147 e. The molecule has 1 aromatic heterocycles. The van der Waals surface area contributed by atoms with Crippen molar-refractivity contribution in [3.63, 3.8) is 0 Å². The summed E-state index contributed by atoms with van der Waals surface area (Å²) in [6.45, 7) is 2.94. The molecule has 0 saturated carbocycles. The fourth-order valence-corrected chi connectivity index (χ4v) is 3.04. The Labute approximate surface area is 127 Å². The molecular weight excluding hydrogens is 297 g/mol. The van der Waals surface area contributed by atoms with Gasteiger partial charge < -0.3 is 10.3 Å². The van der Waals surface area contributed by atoms with E-state index in [4.69, 9.17) is 28.9 Å². The Morgan fingerprint density at radius 2 is 2.15 bits per heavy atom. The van der Waals surface area contributed by atoms with E-state index in [0.717, 1.165) is 24.5 Å². The standard InChI is InChI=1S/C13H15Cl2N5/c14-10-3-1-2-9(13(10)15)11(6-16)19-4-5-20-8-17-18-12(20)7-19/h1-3,8,11H,4-7,16H2. The molecule has 0 radical (unpaired) electrons. The maximum absolute atomic E-state index is 6.32. The molecule has 5 nitrogen and oxygen atoms in total. The Kier molecular flexibility index (Phi) is 3.94. The highest BCUT2D eigenvalue weighted by atomic mass is 35.5. The molecule has 2 aromatic rings. The van der Waals surface area contributed by atoms with E-state index in [0.29, 0.717) is 23.1 Å². The zero-order chi connectivity index (χ0) is 14.1. The van der Waals surface area contributed by atoms with Gasteiger partial charge in [-0.3, -0.25) is 4.90 Å². The summed E-state index contributed by atoms with van der Waals surface area (Å²) in [6.07, 6.45) is 1.76. The highest BCUT2D eigenvalue weighted by Crippen LogP contribution is 2.33. The van der Waals surface area contributed by atoms with E-state index < -0.39 is 0 Å². The molecule has 2 heterocycles. The van der Waals surface area contributed by atoms with Crippen molar-refractivity contribution in [3.05, 3.63) is 46.0 Å². The van der Waals surface area contributed by atoms with Gasteiger partial charge in [0, 0.05) is 25.7 Å². The average molecular weight is 312 g/mol. The number of hydrogen-bond donors (Lipinski definition) is 1. The van der Waals surface area contributed by atoms with Crippen LogP contribution < -0.4 is 5.73 Å². The number of nitrogens with zero attached hydrogens (tertiary/aromatic N) is 4. The predicted molar refractivity (Wildman–Crippen MR) is 78.7 cm³/mol. The summed E-state index contributed by atoms with van der Waals surface area (Å²) in [5.74, 6) is 0.952. The second-order valence-corrected chi connectivity index (χ2v) is 5.59. The lowest BCUT2D eigenvalue weighted by molar-refractivity contribution is 0.156. The van der Waals surface area contributed by atoms with Gasteiger partial charge in [-0.15, -0.1) is 10.2 Å². The molecule has 3 rings (SSSR count). The number of halogens is 2. The molecule has 1 atom stereocenters. The van der Waals surface area contributed by atoms with Crippen molar-refractivity contribution in [1.82, 2.24) is 19.7 Å². The van der Waals surface area contributed by atoms with Gasteiger partial charge in [-0.2, -0.15) is 0 Å². The van der Waals surface area contributed by atoms with Crippen LogP contribution in [-0.4, -0.2) is 32.8 Å². The summed E-state index contributed by atoms with van der Waals surface area (Å²) in [4.78, 5) is 2.27. The van der Waals surface area contributed by atoms with Crippen LogP contribution >= 0.6 is 23.2 Å². The Morgan fingerprint density at radius 1 is 1.30 bits per heavy atom. The van der Waals surface area contributed by atoms with Crippen molar-refractivity contribution < 1.29 is 0 Å². The second kappa shape index (κ2) is 5.69. The molecular formula is C13H15Cl2N5. The third-order valence-electron chi connectivity index (χ3n) is 3.67. The van der Waals surface area contributed by atoms with E-state index in [2.05, 4.69) is 19.7 Å². The van der Waals surface area contributed by atoms with E-state index in [1.54, 1.807) is 12.4 Å². The van der Waals surface area contributed by atoms with Gasteiger partial charge in [-0.1, -0.05) is 35.3 Å². The predicted octanol–water partition coefficient (Wildman–Crippen LogP) is 2.10. The summed E-state index contributed by atoms with van der Waals surface area (Å²) < 4.78 is 2.06. The summed E-state index contributed by atoms with van der Waals surface area (Å²) in [5.41, 5.74) is 6.93. The maximum atomic E-state index is 6.32. The molecule has 0 spiro atoms. The van der Waals surface area contributed by atoms with Crippen molar-refractivity contribution in [2.75, 3.05) is 13.1 Å². The minimum absolute atomic E-state index is 0.0339. The molecule has 0 saturated heterocycles. The van der Waals surface area contributed by atoms with Crippen LogP contribution in [0.1, 0.15) is 17.4 Å². The molecule has 1 aromatic carbocycles. The van der Waals surface area contributed by atoms with Crippen LogP contribution in [0.2, 0.25) is 10.0 Å². The molecule has 7 heteroatoms. The molecule has 1 aliphatic heterocycles. The van der Waals surface area contributed by atoms with Crippen LogP contribution in [0.4, 0.5) is 0 Å². The minimum atomic E-state index is 0.0339. The first kappa shape index (κ1) is 13.8. The van der Waals surface area contributed by atoms with Gasteiger partial charge in [0.25, 0.3) is 0 Å². The van der Waals surface area contributed by atoms with E-state index in [-0.39, 0.29) is 6.04 Å². The van der Waals surface area contributed by atoms with Crippen LogP contribution in [0.15, 0.2) is 24.5 Å². The molecule has 0 amide bonds. The third-order valence-corrected chi connectivity index (χ3v) is 4.51. The molecule has 2 N–H and O–H groups in total. The van der Waals surface area contributed by atoms with Gasteiger partial charge in [0.15, 0.2) is 0 Å². The van der Waals surface area contributed by atoms with Gasteiger partial charge >= 0.3 is 0 Å². The van der Waals surface area contributed by atoms with Crippen molar-refractivity contribution in [3.8, 4) is 0 Å². The van der Waals surface area contributed by atoms with Gasteiger partial charge in [0.1, 0.15) is 12.2 Å². The van der Waals surface area contributed by atoms with Crippen LogP contribution in [0.3, 0.4) is 0 Å². The van der Waals surface area contributed by atoms with Crippen LogP contribution in [0.5, 0.6) is 0 Å². The summed E-state index contributed by atoms with van der Waals surface area (Å²) in [5, 5.41) is 9.20. The quantitative estimate of drug-likeness (QED) is 0.943. The summed E-state index contributed by atoms with van der Waals surface area (Å²) in [6, 6.07) is 5.70. The highest BCUT2D eigenvalue weighted by molar-refractivity contribution is 6.42. The van der Waals surface area contributed by atoms with Gasteiger partial charge in [-0.25, -0.2) is 0 Å². The molecule has 1 unspecified atom stereocenters. The number of hydrogen-bond acceptors (Lipinski definition) is 4. The molecule has 1 aliphatic rings. The summed E-state index contributed by atoms with van der Waals surface area (Å²) in [7, 11) is 0. The number of fused-ring (bicyclic) bond motifs is 1. The topological polar surface area (TPSA) is 60.0 Å².